The molecule has 3 aromatic carbocycles. The average molecular weight is 648 g/mol. The molecule has 7 heteroatoms. The minimum Gasteiger partial charge on any atom is -0.469 e. The van der Waals surface area contributed by atoms with Crippen molar-refractivity contribution >= 4 is 23.7 Å². The van der Waals surface area contributed by atoms with E-state index in [0.717, 1.165) is 30.4 Å². The lowest BCUT2D eigenvalue weighted by molar-refractivity contribution is -0.161. The molecular weight excluding hydrogens is 594 g/mol. The third kappa shape index (κ3) is 10.2. The number of rotatable bonds is 19. The number of carbonyl (C=O) groups is 2. The van der Waals surface area contributed by atoms with Crippen LogP contribution in [-0.4, -0.2) is 48.5 Å². The second-order valence-electron chi connectivity index (χ2n) is 13.0. The fourth-order valence-corrected chi connectivity index (χ4v) is 7.29. The van der Waals surface area contributed by atoms with E-state index in [1.165, 1.54) is 24.4 Å². The van der Waals surface area contributed by atoms with E-state index in [1.54, 1.807) is 6.92 Å². The van der Waals surface area contributed by atoms with Gasteiger partial charge in [0.05, 0.1) is 24.5 Å². The number of esters is 2. The Balaban J connectivity index is 2.22. The quantitative estimate of drug-likeness (QED) is 0.101. The van der Waals surface area contributed by atoms with Gasteiger partial charge in [-0.05, 0) is 61.1 Å². The summed E-state index contributed by atoms with van der Waals surface area (Å²) in [7, 11) is 1.37. The predicted octanol–water partition coefficient (Wildman–Crippen LogP) is 7.73. The zero-order chi connectivity index (χ0) is 33.6. The van der Waals surface area contributed by atoms with Gasteiger partial charge in [0.25, 0.3) is 0 Å². The average Bonchev–Trinajstić information content (AvgIpc) is 3.09. The molecule has 0 spiro atoms. The minimum atomic E-state index is -1.10. The molecule has 0 heterocycles. The van der Waals surface area contributed by atoms with Crippen LogP contribution < -0.4 is 5.73 Å². The summed E-state index contributed by atoms with van der Waals surface area (Å²) in [6.07, 6.45) is 2.59. The Hall–Kier alpha value is -3.13. The molecule has 3 N–H and O–H groups in total. The van der Waals surface area contributed by atoms with Crippen molar-refractivity contribution in [2.24, 2.45) is 23.0 Å². The lowest BCUT2D eigenvalue weighted by Crippen LogP contribution is -2.43. The van der Waals surface area contributed by atoms with Crippen LogP contribution in [0.25, 0.3) is 0 Å². The van der Waals surface area contributed by atoms with Crippen LogP contribution in [0.4, 0.5) is 0 Å². The maximum Gasteiger partial charge on any atom is 0.311 e. The number of aliphatic hydroxyl groups is 1. The van der Waals surface area contributed by atoms with E-state index in [1.807, 2.05) is 25.1 Å². The highest BCUT2D eigenvalue weighted by molar-refractivity contribution is 7.99. The molecule has 0 aliphatic heterocycles. The van der Waals surface area contributed by atoms with Gasteiger partial charge in [0.2, 0.25) is 0 Å². The summed E-state index contributed by atoms with van der Waals surface area (Å²) >= 11 is 1.38. The third-order valence-electron chi connectivity index (χ3n) is 9.28. The Labute approximate surface area is 280 Å². The number of benzene rings is 3. The first-order valence-corrected chi connectivity index (χ1v) is 17.6. The molecule has 5 atom stereocenters. The van der Waals surface area contributed by atoms with Crippen molar-refractivity contribution in [1.82, 2.24) is 0 Å². The number of hydrogen-bond acceptors (Lipinski definition) is 7. The summed E-state index contributed by atoms with van der Waals surface area (Å²) in [6, 6.07) is 31.5. The van der Waals surface area contributed by atoms with E-state index in [9.17, 15) is 14.7 Å². The molecule has 0 fully saturated rings. The monoisotopic (exact) mass is 647 g/mol. The van der Waals surface area contributed by atoms with Crippen LogP contribution in [0.5, 0.6) is 0 Å². The zero-order valence-corrected chi connectivity index (χ0v) is 29.0. The fraction of sp³-hybridized carbons (Fsp3) is 0.487. The van der Waals surface area contributed by atoms with E-state index in [2.05, 4.69) is 86.6 Å². The molecule has 46 heavy (non-hydrogen) atoms. The largest absolute Gasteiger partial charge is 0.469 e. The molecular formula is C39H53NO5S. The molecule has 0 saturated carbocycles. The molecule has 0 aliphatic carbocycles. The molecule has 3 aromatic rings. The van der Waals surface area contributed by atoms with Crippen LogP contribution in [-0.2, 0) is 24.5 Å². The van der Waals surface area contributed by atoms with Crippen LogP contribution >= 0.6 is 11.8 Å². The van der Waals surface area contributed by atoms with Gasteiger partial charge in [0.15, 0.2) is 0 Å². The summed E-state index contributed by atoms with van der Waals surface area (Å²) in [5.74, 6) is 0.0788. The second kappa shape index (κ2) is 18.3. The van der Waals surface area contributed by atoms with Crippen molar-refractivity contribution in [3.8, 4) is 0 Å². The summed E-state index contributed by atoms with van der Waals surface area (Å²) in [4.78, 5) is 27.1. The molecule has 250 valence electrons. The van der Waals surface area contributed by atoms with E-state index in [-0.39, 0.29) is 24.9 Å². The van der Waals surface area contributed by atoms with E-state index < -0.39 is 28.8 Å². The highest BCUT2D eigenvalue weighted by Crippen LogP contribution is 2.51. The number of thioether (sulfide) groups is 1. The number of ether oxygens (including phenoxy) is 2. The maximum absolute atomic E-state index is 14.3. The topological polar surface area (TPSA) is 98.9 Å². The Morgan fingerprint density at radius 3 is 1.93 bits per heavy atom. The standard InChI is InChI=1S/C39H53NO5S/c1-6-29(2)22-32(31-16-10-7-11-17-31)24-39(33-18-12-8-13-19-33,34-20-14-9-15-21-34)27-38(4,23-30(3)36(42)44-5)37(43)45-25-35(41)26-46-28-40/h7-21,29-30,32,35,41H,6,22-28,40H2,1-5H3. The minimum absolute atomic E-state index is 0.141. The number of aliphatic hydroxyl groups excluding tert-OH is 1. The number of carbonyl (C=O) groups excluding carboxylic acids is 2. The van der Waals surface area contributed by atoms with Crippen LogP contribution in [0, 0.1) is 17.3 Å². The Morgan fingerprint density at radius 1 is 0.891 bits per heavy atom. The van der Waals surface area contributed by atoms with Gasteiger partial charge in [-0.2, -0.15) is 0 Å². The Bertz CT molecular complexity index is 1280. The van der Waals surface area contributed by atoms with Crippen molar-refractivity contribution in [1.29, 1.82) is 0 Å². The first-order valence-electron chi connectivity index (χ1n) is 16.5. The van der Waals surface area contributed by atoms with Gasteiger partial charge in [0.1, 0.15) is 6.61 Å². The van der Waals surface area contributed by atoms with Gasteiger partial charge < -0.3 is 20.3 Å². The van der Waals surface area contributed by atoms with Crippen molar-refractivity contribution in [2.75, 3.05) is 25.3 Å². The third-order valence-corrected chi connectivity index (χ3v) is 10.1. The number of nitrogens with two attached hydrogens (primary N) is 1. The smallest absolute Gasteiger partial charge is 0.311 e. The Kier molecular flexibility index (Phi) is 14.8. The zero-order valence-electron chi connectivity index (χ0n) is 28.2. The van der Waals surface area contributed by atoms with Crippen molar-refractivity contribution < 1.29 is 24.2 Å². The van der Waals surface area contributed by atoms with Gasteiger partial charge in [0, 0.05) is 17.0 Å². The molecule has 0 radical (unpaired) electrons. The van der Waals surface area contributed by atoms with Gasteiger partial charge in [-0.1, -0.05) is 118 Å². The molecule has 5 unspecified atom stereocenters. The Morgan fingerprint density at radius 2 is 1.43 bits per heavy atom. The maximum atomic E-state index is 14.3. The summed E-state index contributed by atoms with van der Waals surface area (Å²) in [5, 5.41) is 10.5. The number of hydrogen-bond donors (Lipinski definition) is 2. The van der Waals surface area contributed by atoms with Gasteiger partial charge >= 0.3 is 11.9 Å². The molecule has 0 amide bonds. The molecule has 0 aliphatic rings. The molecule has 3 rings (SSSR count). The van der Waals surface area contributed by atoms with Gasteiger partial charge in [-0.3, -0.25) is 9.59 Å². The van der Waals surface area contributed by atoms with Crippen molar-refractivity contribution in [3.05, 3.63) is 108 Å². The van der Waals surface area contributed by atoms with Crippen LogP contribution in [0.15, 0.2) is 91.0 Å². The van der Waals surface area contributed by atoms with Crippen LogP contribution in [0.3, 0.4) is 0 Å². The van der Waals surface area contributed by atoms with Gasteiger partial charge in [-0.25, -0.2) is 0 Å². The fourth-order valence-electron chi connectivity index (χ4n) is 6.78. The van der Waals surface area contributed by atoms with E-state index >= 15 is 0 Å². The van der Waals surface area contributed by atoms with Crippen molar-refractivity contribution in [3.63, 3.8) is 0 Å². The number of methoxy groups -OCH3 is 1. The molecule has 0 bridgehead atoms. The second-order valence-corrected chi connectivity index (χ2v) is 14.1. The lowest BCUT2D eigenvalue weighted by Gasteiger charge is -2.44. The van der Waals surface area contributed by atoms with Crippen molar-refractivity contribution in [2.45, 2.75) is 77.2 Å². The summed E-state index contributed by atoms with van der Waals surface area (Å²) < 4.78 is 11.0. The molecule has 6 nitrogen and oxygen atoms in total. The van der Waals surface area contributed by atoms with Gasteiger partial charge in [-0.15, -0.1) is 11.8 Å². The van der Waals surface area contributed by atoms with E-state index in [4.69, 9.17) is 15.2 Å². The highest BCUT2D eigenvalue weighted by Gasteiger charge is 2.48. The normalized spacial score (nSPS) is 15.6. The highest BCUT2D eigenvalue weighted by atomic mass is 32.2. The summed E-state index contributed by atoms with van der Waals surface area (Å²) in [6.45, 7) is 8.10. The molecule has 0 aromatic heterocycles. The molecule has 0 saturated heterocycles. The SMILES string of the molecule is CCC(C)CC(CC(CC(C)(CC(C)C(=O)OC)C(=O)OCC(O)CSCN)(c1ccccc1)c1ccccc1)c1ccccc1. The summed E-state index contributed by atoms with van der Waals surface area (Å²) in [5.41, 5.74) is 7.37. The van der Waals surface area contributed by atoms with Crippen LogP contribution in [0.2, 0.25) is 0 Å². The lowest BCUT2D eigenvalue weighted by atomic mass is 9.59. The van der Waals surface area contributed by atoms with Crippen LogP contribution in [0.1, 0.15) is 82.4 Å². The van der Waals surface area contributed by atoms with E-state index in [0.29, 0.717) is 24.0 Å². The predicted molar refractivity (Wildman–Crippen MR) is 189 cm³/mol. The first kappa shape index (κ1) is 37.3. The first-order chi connectivity index (χ1) is 22.1.